The topological polar surface area (TPSA) is 83.0 Å². The zero-order valence-corrected chi connectivity index (χ0v) is 20.0. The second-order valence-corrected chi connectivity index (χ2v) is 8.14. The molecule has 0 bridgehead atoms. The lowest BCUT2D eigenvalue weighted by molar-refractivity contribution is 0.281. The molecule has 0 aromatic heterocycles. The third-order valence-corrected chi connectivity index (χ3v) is 5.16. The van der Waals surface area contributed by atoms with Gasteiger partial charge in [0.05, 0.1) is 12.3 Å². The Morgan fingerprint density at radius 2 is 1.93 bits per heavy atom. The lowest BCUT2D eigenvalue weighted by Gasteiger charge is -2.22. The number of hydrogen-bond donors (Lipinski definition) is 2. The fraction of sp³-hybridized carbons (Fsp3) is 0.588. The summed E-state index contributed by atoms with van der Waals surface area (Å²) in [5.41, 5.74) is 0. The van der Waals surface area contributed by atoms with Gasteiger partial charge in [0.1, 0.15) is 12.4 Å². The van der Waals surface area contributed by atoms with Gasteiger partial charge in [-0.2, -0.15) is 0 Å². The summed E-state index contributed by atoms with van der Waals surface area (Å²) in [5.74, 6) is 1.63. The molecule has 0 radical (unpaired) electrons. The van der Waals surface area contributed by atoms with Crippen molar-refractivity contribution in [2.75, 3.05) is 45.6 Å². The molecular weight excluding hydrogens is 503 g/mol. The van der Waals surface area contributed by atoms with Gasteiger partial charge in [-0.15, -0.1) is 24.0 Å². The van der Waals surface area contributed by atoms with Crippen LogP contribution in [0.1, 0.15) is 20.3 Å². The summed E-state index contributed by atoms with van der Waals surface area (Å²) < 4.78 is 31.0. The Hall–Kier alpha value is -0.780. The number of sulfonamides is 1. The summed E-state index contributed by atoms with van der Waals surface area (Å²) in [6, 6.07) is 7.25. The van der Waals surface area contributed by atoms with Crippen LogP contribution < -0.4 is 14.8 Å². The van der Waals surface area contributed by atoms with Crippen LogP contribution in [0.5, 0.6) is 5.75 Å². The summed E-state index contributed by atoms with van der Waals surface area (Å²) in [7, 11) is -1.20. The van der Waals surface area contributed by atoms with E-state index in [9.17, 15) is 8.42 Å². The predicted octanol–water partition coefficient (Wildman–Crippen LogP) is 2.56. The van der Waals surface area contributed by atoms with E-state index >= 15 is 0 Å². The third-order valence-electron chi connectivity index (χ3n) is 3.50. The molecule has 7 nitrogen and oxygen atoms in total. The Bertz CT molecular complexity index is 657. The third kappa shape index (κ3) is 11.6. The zero-order chi connectivity index (χ0) is 19.4. The highest BCUT2D eigenvalue weighted by Gasteiger charge is 2.07. The first-order valence-electron chi connectivity index (χ1n) is 8.73. The Morgan fingerprint density at radius 1 is 1.26 bits per heavy atom. The van der Waals surface area contributed by atoms with Gasteiger partial charge in [-0.25, -0.2) is 13.1 Å². The number of halogens is 2. The molecule has 0 fully saturated rings. The fourth-order valence-electron chi connectivity index (χ4n) is 2.00. The number of aliphatic imine (C=N–C) groups is 1. The predicted molar refractivity (Wildman–Crippen MR) is 123 cm³/mol. The van der Waals surface area contributed by atoms with Gasteiger partial charge in [0.2, 0.25) is 10.0 Å². The van der Waals surface area contributed by atoms with Gasteiger partial charge in [-0.1, -0.05) is 11.6 Å². The standard InChI is InChI=1S/C17H29ClN4O3S.HI/c1-4-19-17(20-11-6-12-21-26(23,24)5-2)22(3)13-14-25-16-9-7-15(18)8-10-16;/h7-10,21H,4-6,11-14H2,1-3H3,(H,19,20);1H. The second-order valence-electron chi connectivity index (χ2n) is 5.61. The number of rotatable bonds is 11. The molecule has 0 saturated carbocycles. The van der Waals surface area contributed by atoms with Crippen molar-refractivity contribution in [2.45, 2.75) is 20.3 Å². The molecule has 0 heterocycles. The molecule has 2 N–H and O–H groups in total. The maximum absolute atomic E-state index is 11.4. The summed E-state index contributed by atoms with van der Waals surface area (Å²) in [6.07, 6.45) is 0.642. The van der Waals surface area contributed by atoms with E-state index in [-0.39, 0.29) is 29.7 Å². The largest absolute Gasteiger partial charge is 0.492 e. The Labute approximate surface area is 185 Å². The first kappa shape index (κ1) is 26.2. The van der Waals surface area contributed by atoms with E-state index in [1.165, 1.54) is 0 Å². The van der Waals surface area contributed by atoms with Gasteiger partial charge >= 0.3 is 0 Å². The molecule has 1 aromatic rings. The van der Waals surface area contributed by atoms with Crippen molar-refractivity contribution < 1.29 is 13.2 Å². The van der Waals surface area contributed by atoms with Crippen LogP contribution in [-0.4, -0.2) is 64.9 Å². The van der Waals surface area contributed by atoms with E-state index in [0.717, 1.165) is 18.3 Å². The number of benzene rings is 1. The van der Waals surface area contributed by atoms with Crippen molar-refractivity contribution in [3.63, 3.8) is 0 Å². The summed E-state index contributed by atoms with van der Waals surface area (Å²) in [5, 5.41) is 3.90. The van der Waals surface area contributed by atoms with Crippen LogP contribution in [0.15, 0.2) is 29.3 Å². The molecule has 27 heavy (non-hydrogen) atoms. The van der Waals surface area contributed by atoms with Crippen molar-refractivity contribution in [1.82, 2.24) is 14.9 Å². The quantitative estimate of drug-likeness (QED) is 0.198. The normalized spacial score (nSPS) is 11.6. The number of nitrogens with one attached hydrogen (secondary N) is 2. The minimum absolute atomic E-state index is 0. The number of likely N-dealkylation sites (N-methyl/N-ethyl adjacent to an activating group) is 1. The summed E-state index contributed by atoms with van der Waals surface area (Å²) >= 11 is 5.85. The van der Waals surface area contributed by atoms with E-state index in [0.29, 0.717) is 37.7 Å². The Kier molecular flexibility index (Phi) is 13.8. The highest BCUT2D eigenvalue weighted by Crippen LogP contribution is 2.15. The molecule has 10 heteroatoms. The lowest BCUT2D eigenvalue weighted by Crippen LogP contribution is -2.41. The molecule has 0 aliphatic carbocycles. The summed E-state index contributed by atoms with van der Waals surface area (Å²) in [6.45, 7) is 6.48. The van der Waals surface area contributed by atoms with E-state index in [1.807, 2.05) is 31.0 Å². The molecule has 0 saturated heterocycles. The average molecular weight is 533 g/mol. The molecular formula is C17H30ClIN4O3S. The van der Waals surface area contributed by atoms with Crippen LogP contribution in [0.2, 0.25) is 5.02 Å². The molecule has 1 aromatic carbocycles. The molecule has 0 aliphatic rings. The van der Waals surface area contributed by atoms with E-state index in [4.69, 9.17) is 16.3 Å². The van der Waals surface area contributed by atoms with Gasteiger partial charge in [-0.3, -0.25) is 4.99 Å². The van der Waals surface area contributed by atoms with Crippen LogP contribution in [0.25, 0.3) is 0 Å². The average Bonchev–Trinajstić information content (AvgIpc) is 2.62. The van der Waals surface area contributed by atoms with Gasteiger partial charge in [0, 0.05) is 31.7 Å². The lowest BCUT2D eigenvalue weighted by atomic mass is 10.3. The fourth-order valence-corrected chi connectivity index (χ4v) is 2.79. The monoisotopic (exact) mass is 532 g/mol. The summed E-state index contributed by atoms with van der Waals surface area (Å²) in [4.78, 5) is 6.50. The van der Waals surface area contributed by atoms with Crippen LogP contribution in [0, 0.1) is 0 Å². The molecule has 1 rings (SSSR count). The number of hydrogen-bond acceptors (Lipinski definition) is 4. The smallest absolute Gasteiger partial charge is 0.211 e. The van der Waals surface area contributed by atoms with Crippen molar-refractivity contribution >= 4 is 51.6 Å². The Balaban J connectivity index is 0.00000676. The van der Waals surface area contributed by atoms with Gasteiger partial charge in [-0.05, 0) is 44.5 Å². The number of guanidine groups is 1. The van der Waals surface area contributed by atoms with Crippen molar-refractivity contribution in [2.24, 2.45) is 4.99 Å². The maximum Gasteiger partial charge on any atom is 0.211 e. The first-order chi connectivity index (χ1) is 12.4. The molecule has 0 atom stereocenters. The zero-order valence-electron chi connectivity index (χ0n) is 16.1. The van der Waals surface area contributed by atoms with E-state index in [2.05, 4.69) is 15.0 Å². The van der Waals surface area contributed by atoms with Crippen LogP contribution in [0.3, 0.4) is 0 Å². The minimum Gasteiger partial charge on any atom is -0.492 e. The molecule has 0 unspecified atom stereocenters. The highest BCUT2D eigenvalue weighted by atomic mass is 127. The molecule has 156 valence electrons. The molecule has 0 aliphatic heterocycles. The highest BCUT2D eigenvalue weighted by molar-refractivity contribution is 14.0. The van der Waals surface area contributed by atoms with Crippen LogP contribution in [0.4, 0.5) is 0 Å². The number of nitrogens with zero attached hydrogens (tertiary/aromatic N) is 2. The van der Waals surface area contributed by atoms with E-state index in [1.54, 1.807) is 19.1 Å². The van der Waals surface area contributed by atoms with Gasteiger partial charge in [0.15, 0.2) is 5.96 Å². The van der Waals surface area contributed by atoms with Gasteiger partial charge < -0.3 is 15.0 Å². The molecule has 0 spiro atoms. The van der Waals surface area contributed by atoms with Crippen molar-refractivity contribution in [3.05, 3.63) is 29.3 Å². The van der Waals surface area contributed by atoms with E-state index < -0.39 is 10.0 Å². The first-order valence-corrected chi connectivity index (χ1v) is 10.8. The van der Waals surface area contributed by atoms with Crippen molar-refractivity contribution in [1.29, 1.82) is 0 Å². The number of ether oxygens (including phenoxy) is 1. The second kappa shape index (κ2) is 14.3. The van der Waals surface area contributed by atoms with Crippen LogP contribution >= 0.6 is 35.6 Å². The maximum atomic E-state index is 11.4. The minimum atomic E-state index is -3.14. The van der Waals surface area contributed by atoms with Crippen molar-refractivity contribution in [3.8, 4) is 5.75 Å². The van der Waals surface area contributed by atoms with Crippen LogP contribution in [-0.2, 0) is 10.0 Å². The molecule has 0 amide bonds. The Morgan fingerprint density at radius 3 is 2.52 bits per heavy atom. The SMILES string of the molecule is CCNC(=NCCCNS(=O)(=O)CC)N(C)CCOc1ccc(Cl)cc1.I. The van der Waals surface area contributed by atoms with Gasteiger partial charge in [0.25, 0.3) is 0 Å².